The van der Waals surface area contributed by atoms with Crippen molar-refractivity contribution >= 4 is 17.3 Å². The maximum absolute atomic E-state index is 13.1. The molecule has 5 nitrogen and oxygen atoms in total. The number of benzene rings is 3. The number of unbranched alkanes of at least 4 members (excludes halogenated alkanes) is 5. The van der Waals surface area contributed by atoms with Crippen molar-refractivity contribution in [2.75, 3.05) is 29.9 Å². The van der Waals surface area contributed by atoms with Crippen molar-refractivity contribution in [3.8, 4) is 11.5 Å². The molecule has 2 aliphatic heterocycles. The average molecular weight is 499 g/mol. The third-order valence-electron chi connectivity index (χ3n) is 7.68. The topological polar surface area (TPSA) is 50.8 Å². The summed E-state index contributed by atoms with van der Waals surface area (Å²) in [6.45, 7) is 9.27. The minimum atomic E-state index is -1.03. The first-order chi connectivity index (χ1) is 18.1. The molecule has 2 aliphatic rings. The predicted molar refractivity (Wildman–Crippen MR) is 150 cm³/mol. The maximum atomic E-state index is 13.1. The zero-order chi connectivity index (χ0) is 25.8. The van der Waals surface area contributed by atoms with Crippen molar-refractivity contribution in [2.24, 2.45) is 0 Å². The fourth-order valence-corrected chi connectivity index (χ4v) is 5.69. The molecule has 2 heterocycles. The van der Waals surface area contributed by atoms with Crippen molar-refractivity contribution < 1.29 is 14.3 Å². The Morgan fingerprint density at radius 3 is 2.38 bits per heavy atom. The fraction of sp³-hybridized carbons (Fsp3) is 0.406. The van der Waals surface area contributed by atoms with Crippen LogP contribution in [-0.2, 0) is 10.3 Å². The van der Waals surface area contributed by atoms with Gasteiger partial charge in [-0.15, -0.1) is 0 Å². The zero-order valence-corrected chi connectivity index (χ0v) is 22.3. The molecule has 1 N–H and O–H groups in total. The number of esters is 1. The maximum Gasteiger partial charge on any atom is 0.340 e. The number of carbonyl (C=O) groups excluding carboxylic acids is 1. The molecule has 1 unspecified atom stereocenters. The molecule has 0 aliphatic carbocycles. The zero-order valence-electron chi connectivity index (χ0n) is 22.3. The van der Waals surface area contributed by atoms with E-state index in [1.54, 1.807) is 0 Å². The molecule has 0 aromatic heterocycles. The number of ether oxygens (including phenoxy) is 2. The van der Waals surface area contributed by atoms with Crippen LogP contribution in [-0.4, -0.2) is 25.6 Å². The van der Waals surface area contributed by atoms with Gasteiger partial charge >= 0.3 is 5.97 Å². The van der Waals surface area contributed by atoms with Crippen LogP contribution in [0.5, 0.6) is 11.5 Å². The number of nitrogens with one attached hydrogen (secondary N) is 1. The highest BCUT2D eigenvalue weighted by Crippen LogP contribution is 2.56. The van der Waals surface area contributed by atoms with Gasteiger partial charge in [0.1, 0.15) is 11.5 Å². The van der Waals surface area contributed by atoms with Crippen LogP contribution in [0.3, 0.4) is 0 Å². The molecular formula is C32H38N2O3. The van der Waals surface area contributed by atoms with E-state index in [1.807, 2.05) is 30.3 Å². The third-order valence-corrected chi connectivity index (χ3v) is 7.68. The quantitative estimate of drug-likeness (QED) is 0.215. The highest BCUT2D eigenvalue weighted by Gasteiger charge is 2.53. The van der Waals surface area contributed by atoms with E-state index in [-0.39, 0.29) is 5.97 Å². The molecule has 194 valence electrons. The third kappa shape index (κ3) is 4.56. The summed E-state index contributed by atoms with van der Waals surface area (Å²) in [5.41, 5.74) is 4.28. The molecule has 0 fully saturated rings. The minimum absolute atomic E-state index is 0.298. The first-order valence-corrected chi connectivity index (χ1v) is 13.9. The van der Waals surface area contributed by atoms with Gasteiger partial charge in [0.05, 0.1) is 5.56 Å². The van der Waals surface area contributed by atoms with Crippen molar-refractivity contribution in [2.45, 2.75) is 64.9 Å². The normalized spacial score (nSPS) is 17.0. The summed E-state index contributed by atoms with van der Waals surface area (Å²) in [5, 5.41) is 3.59. The van der Waals surface area contributed by atoms with E-state index in [0.29, 0.717) is 5.56 Å². The second-order valence-corrected chi connectivity index (χ2v) is 9.98. The lowest BCUT2D eigenvalue weighted by Crippen LogP contribution is -2.33. The van der Waals surface area contributed by atoms with Gasteiger partial charge in [-0.2, -0.15) is 0 Å². The number of rotatable bonds is 11. The lowest BCUT2D eigenvalue weighted by Gasteiger charge is -2.37. The highest BCUT2D eigenvalue weighted by atomic mass is 16.6. The van der Waals surface area contributed by atoms with Crippen molar-refractivity contribution in [1.29, 1.82) is 0 Å². The van der Waals surface area contributed by atoms with Gasteiger partial charge in [-0.05, 0) is 56.7 Å². The Morgan fingerprint density at radius 2 is 1.57 bits per heavy atom. The minimum Gasteiger partial charge on any atom is -0.456 e. The van der Waals surface area contributed by atoms with Gasteiger partial charge in [-0.1, -0.05) is 57.2 Å². The van der Waals surface area contributed by atoms with Gasteiger partial charge in [-0.25, -0.2) is 4.79 Å². The molecule has 0 bridgehead atoms. The lowest BCUT2D eigenvalue weighted by molar-refractivity contribution is 0.0224. The summed E-state index contributed by atoms with van der Waals surface area (Å²) >= 11 is 0. The highest BCUT2D eigenvalue weighted by molar-refractivity contribution is 5.97. The summed E-state index contributed by atoms with van der Waals surface area (Å²) in [5.74, 6) is 1.15. The van der Waals surface area contributed by atoms with E-state index in [9.17, 15) is 4.79 Å². The number of anilines is 2. The van der Waals surface area contributed by atoms with Gasteiger partial charge in [0.15, 0.2) is 5.60 Å². The number of nitrogens with zero attached hydrogens (tertiary/aromatic N) is 1. The predicted octanol–water partition coefficient (Wildman–Crippen LogP) is 7.87. The molecule has 1 spiro atoms. The molecule has 0 saturated heterocycles. The number of fused-ring (bicyclic) bond motifs is 6. The van der Waals surface area contributed by atoms with Gasteiger partial charge in [0.2, 0.25) is 0 Å². The van der Waals surface area contributed by atoms with E-state index in [2.05, 4.69) is 61.3 Å². The van der Waals surface area contributed by atoms with Crippen LogP contribution in [0.1, 0.15) is 86.3 Å². The summed E-state index contributed by atoms with van der Waals surface area (Å²) < 4.78 is 12.8. The van der Waals surface area contributed by atoms with Crippen LogP contribution in [0.25, 0.3) is 0 Å². The molecule has 0 saturated carbocycles. The smallest absolute Gasteiger partial charge is 0.340 e. The van der Waals surface area contributed by atoms with Crippen molar-refractivity contribution in [1.82, 2.24) is 0 Å². The van der Waals surface area contributed by atoms with Crippen LogP contribution < -0.4 is 15.0 Å². The van der Waals surface area contributed by atoms with Crippen LogP contribution in [0, 0.1) is 0 Å². The standard InChI is InChI=1S/C32H38N2O3/c1-4-7-8-9-10-13-20-33-23-16-19-29-28(21-23)32(26-15-12-11-14-25(26)31(35)37-32)27-18-17-24(22-30(27)36-29)34(5-2)6-3/h11-12,14-19,21-22,33H,4-10,13,20H2,1-3H3. The fourth-order valence-electron chi connectivity index (χ4n) is 5.69. The van der Waals surface area contributed by atoms with Crippen LogP contribution >= 0.6 is 0 Å². The number of carbonyl (C=O) groups is 1. The van der Waals surface area contributed by atoms with Crippen molar-refractivity contribution in [3.63, 3.8) is 0 Å². The summed E-state index contributed by atoms with van der Waals surface area (Å²) in [4.78, 5) is 15.4. The van der Waals surface area contributed by atoms with Gasteiger partial charge in [-0.3, -0.25) is 0 Å². The van der Waals surface area contributed by atoms with Gasteiger partial charge in [0.25, 0.3) is 0 Å². The Labute approximate surface area is 220 Å². The molecule has 3 aromatic carbocycles. The van der Waals surface area contributed by atoms with E-state index in [4.69, 9.17) is 9.47 Å². The molecule has 37 heavy (non-hydrogen) atoms. The second-order valence-electron chi connectivity index (χ2n) is 9.98. The Morgan fingerprint density at radius 1 is 0.784 bits per heavy atom. The Kier molecular flexibility index (Phi) is 7.40. The van der Waals surface area contributed by atoms with Gasteiger partial charge < -0.3 is 19.7 Å². The molecule has 5 rings (SSSR count). The largest absolute Gasteiger partial charge is 0.456 e. The molecule has 1 atom stereocenters. The molecular weight excluding hydrogens is 460 g/mol. The van der Waals surface area contributed by atoms with Crippen LogP contribution in [0.4, 0.5) is 11.4 Å². The van der Waals surface area contributed by atoms with E-state index < -0.39 is 5.60 Å². The molecule has 5 heteroatoms. The number of hydrogen-bond acceptors (Lipinski definition) is 5. The lowest BCUT2D eigenvalue weighted by atomic mass is 9.77. The van der Waals surface area contributed by atoms with E-state index in [1.165, 1.54) is 32.1 Å². The van der Waals surface area contributed by atoms with Crippen molar-refractivity contribution in [3.05, 3.63) is 82.9 Å². The summed E-state index contributed by atoms with van der Waals surface area (Å²) in [7, 11) is 0. The van der Waals surface area contributed by atoms with Crippen LogP contribution in [0.15, 0.2) is 60.7 Å². The first kappa shape index (κ1) is 25.2. The first-order valence-electron chi connectivity index (χ1n) is 13.9. The SMILES string of the molecule is CCCCCCCCNc1ccc2c(c1)C1(OC(=O)c3ccccc31)c1ccc(N(CC)CC)cc1O2. The summed E-state index contributed by atoms with van der Waals surface area (Å²) in [6.07, 6.45) is 7.56. The molecule has 0 radical (unpaired) electrons. The molecule has 3 aromatic rings. The molecule has 0 amide bonds. The summed E-state index contributed by atoms with van der Waals surface area (Å²) in [6, 6.07) is 20.1. The monoisotopic (exact) mass is 498 g/mol. The van der Waals surface area contributed by atoms with E-state index >= 15 is 0 Å². The van der Waals surface area contributed by atoms with Crippen LogP contribution in [0.2, 0.25) is 0 Å². The van der Waals surface area contributed by atoms with E-state index in [0.717, 1.165) is 65.6 Å². The Balaban J connectivity index is 1.51. The Bertz CT molecular complexity index is 1270. The Hall–Kier alpha value is -3.47. The second kappa shape index (κ2) is 10.9. The average Bonchev–Trinajstić information content (AvgIpc) is 3.22. The number of hydrogen-bond donors (Lipinski definition) is 1. The van der Waals surface area contributed by atoms with Gasteiger partial charge in [0, 0.05) is 53.8 Å².